The Bertz CT molecular complexity index is 1050. The van der Waals surface area contributed by atoms with E-state index in [4.69, 9.17) is 16.3 Å². The molecular weight excluding hydrogens is 444 g/mol. The van der Waals surface area contributed by atoms with Crippen molar-refractivity contribution >= 4 is 11.6 Å². The van der Waals surface area contributed by atoms with E-state index < -0.39 is 5.60 Å². The molecule has 5 heteroatoms. The van der Waals surface area contributed by atoms with Gasteiger partial charge in [0.15, 0.2) is 0 Å². The molecule has 1 aliphatic rings. The van der Waals surface area contributed by atoms with Crippen molar-refractivity contribution in [2.75, 3.05) is 40.3 Å². The minimum Gasteiger partial charge on any atom is -0.492 e. The third kappa shape index (κ3) is 6.00. The van der Waals surface area contributed by atoms with Gasteiger partial charge < -0.3 is 14.7 Å². The summed E-state index contributed by atoms with van der Waals surface area (Å²) in [4.78, 5) is 4.76. The van der Waals surface area contributed by atoms with Gasteiger partial charge in [-0.05, 0) is 74.9 Å². The van der Waals surface area contributed by atoms with Crippen LogP contribution in [0.5, 0.6) is 5.75 Å². The number of aryl methyl sites for hydroxylation is 1. The van der Waals surface area contributed by atoms with Gasteiger partial charge in [-0.25, -0.2) is 0 Å². The number of rotatable bonds is 9. The maximum Gasteiger partial charge on any atom is 0.119 e. The molecule has 34 heavy (non-hydrogen) atoms. The van der Waals surface area contributed by atoms with E-state index in [0.717, 1.165) is 47.6 Å². The highest BCUT2D eigenvalue weighted by Crippen LogP contribution is 2.34. The lowest BCUT2D eigenvalue weighted by Crippen LogP contribution is -2.33. The number of aliphatic hydroxyl groups is 1. The van der Waals surface area contributed by atoms with Crippen LogP contribution in [-0.2, 0) is 12.0 Å². The van der Waals surface area contributed by atoms with Crippen LogP contribution in [0.4, 0.5) is 0 Å². The normalized spacial score (nSPS) is 18.2. The van der Waals surface area contributed by atoms with Crippen LogP contribution in [0.2, 0.25) is 5.02 Å². The Morgan fingerprint density at radius 2 is 1.59 bits per heavy atom. The van der Waals surface area contributed by atoms with Crippen molar-refractivity contribution in [1.82, 2.24) is 9.80 Å². The Morgan fingerprint density at radius 1 is 0.971 bits per heavy atom. The zero-order valence-corrected chi connectivity index (χ0v) is 21.1. The van der Waals surface area contributed by atoms with Gasteiger partial charge in [-0.15, -0.1) is 0 Å². The Labute approximate surface area is 208 Å². The lowest BCUT2D eigenvalue weighted by atomic mass is 9.81. The summed E-state index contributed by atoms with van der Waals surface area (Å²) in [5.41, 5.74) is 2.74. The molecule has 1 heterocycles. The van der Waals surface area contributed by atoms with Crippen molar-refractivity contribution in [2.24, 2.45) is 0 Å². The molecule has 180 valence electrons. The van der Waals surface area contributed by atoms with Gasteiger partial charge in [0.05, 0.1) is 0 Å². The summed E-state index contributed by atoms with van der Waals surface area (Å²) < 4.78 is 6.03. The molecule has 1 fully saturated rings. The Hall–Kier alpha value is -2.37. The molecule has 3 aromatic rings. The average Bonchev–Trinajstić information content (AvgIpc) is 3.31. The van der Waals surface area contributed by atoms with Gasteiger partial charge in [0.1, 0.15) is 18.0 Å². The molecule has 4 rings (SSSR count). The smallest absolute Gasteiger partial charge is 0.119 e. The van der Waals surface area contributed by atoms with Crippen molar-refractivity contribution < 1.29 is 9.84 Å². The van der Waals surface area contributed by atoms with Crippen molar-refractivity contribution in [1.29, 1.82) is 0 Å². The topological polar surface area (TPSA) is 35.9 Å². The fourth-order valence-electron chi connectivity index (χ4n) is 4.65. The number of likely N-dealkylation sites (N-methyl/N-ethyl adjacent to an activating group) is 1. The van der Waals surface area contributed by atoms with Crippen molar-refractivity contribution in [3.8, 4) is 5.75 Å². The summed E-state index contributed by atoms with van der Waals surface area (Å²) in [5.74, 6) is 0.824. The minimum absolute atomic E-state index is 0.454. The second kappa shape index (κ2) is 10.9. The molecule has 0 spiro atoms. The molecule has 0 amide bonds. The van der Waals surface area contributed by atoms with E-state index in [9.17, 15) is 5.11 Å². The molecular formula is C29H35ClN2O2. The molecule has 1 aliphatic heterocycles. The highest BCUT2D eigenvalue weighted by atomic mass is 35.5. The van der Waals surface area contributed by atoms with Gasteiger partial charge in [0.25, 0.3) is 0 Å². The zero-order valence-electron chi connectivity index (χ0n) is 20.4. The summed E-state index contributed by atoms with van der Waals surface area (Å²) in [6.45, 7) is 5.86. The number of nitrogens with zero attached hydrogens (tertiary/aromatic N) is 2. The number of halogens is 1. The van der Waals surface area contributed by atoms with Crippen molar-refractivity contribution in [3.63, 3.8) is 0 Å². The molecule has 0 aromatic heterocycles. The predicted molar refractivity (Wildman–Crippen MR) is 140 cm³/mol. The monoisotopic (exact) mass is 478 g/mol. The van der Waals surface area contributed by atoms with E-state index in [-0.39, 0.29) is 0 Å². The number of likely N-dealkylation sites (tertiary alicyclic amines) is 1. The number of hydrogen-bond donors (Lipinski definition) is 1. The van der Waals surface area contributed by atoms with E-state index in [1.165, 1.54) is 6.42 Å². The summed E-state index contributed by atoms with van der Waals surface area (Å²) in [7, 11) is 4.30. The lowest BCUT2D eigenvalue weighted by molar-refractivity contribution is 0.0810. The lowest BCUT2D eigenvalue weighted by Gasteiger charge is -2.30. The third-order valence-corrected chi connectivity index (χ3v) is 7.14. The van der Waals surface area contributed by atoms with Crippen LogP contribution in [0.15, 0.2) is 72.8 Å². The molecule has 0 radical (unpaired) electrons. The molecule has 1 unspecified atom stereocenters. The van der Waals surface area contributed by atoms with E-state index in [1.807, 2.05) is 72.8 Å². The molecule has 2 atom stereocenters. The standard InChI is InChI=1S/C29H35ClN2O2/c1-22-4-8-24(9-5-22)29(33,20-23-6-12-26(30)13-7-23)25-10-14-28(15-11-25)34-19-18-32-17-16-27(21-32)31(2)3/h4-15,27,33H,16-21H2,1-3H3/t27-,29?/m1/s1. The Balaban J connectivity index is 1.46. The molecule has 1 N–H and O–H groups in total. The van der Waals surface area contributed by atoms with Crippen LogP contribution < -0.4 is 4.74 Å². The first-order valence-corrected chi connectivity index (χ1v) is 12.4. The molecule has 4 nitrogen and oxygen atoms in total. The van der Waals surface area contributed by atoms with Gasteiger partial charge in [-0.2, -0.15) is 0 Å². The fourth-order valence-corrected chi connectivity index (χ4v) is 4.78. The van der Waals surface area contributed by atoms with Crippen molar-refractivity contribution in [2.45, 2.75) is 31.4 Å². The van der Waals surface area contributed by atoms with Gasteiger partial charge in [-0.1, -0.05) is 65.7 Å². The van der Waals surface area contributed by atoms with E-state index >= 15 is 0 Å². The molecule has 0 saturated carbocycles. The van der Waals surface area contributed by atoms with E-state index in [2.05, 4.69) is 30.8 Å². The van der Waals surface area contributed by atoms with Gasteiger partial charge in [-0.3, -0.25) is 4.90 Å². The van der Waals surface area contributed by atoms with Crippen LogP contribution in [0.25, 0.3) is 0 Å². The van der Waals surface area contributed by atoms with Crippen LogP contribution in [0, 0.1) is 6.92 Å². The second-order valence-electron chi connectivity index (χ2n) is 9.61. The molecule has 1 saturated heterocycles. The summed E-state index contributed by atoms with van der Waals surface area (Å²) >= 11 is 6.07. The maximum atomic E-state index is 12.0. The largest absolute Gasteiger partial charge is 0.492 e. The quantitative estimate of drug-likeness (QED) is 0.462. The number of benzene rings is 3. The number of hydrogen-bond acceptors (Lipinski definition) is 4. The third-order valence-electron chi connectivity index (χ3n) is 6.89. The SMILES string of the molecule is Cc1ccc(C(O)(Cc2ccc(Cl)cc2)c2ccc(OCCN3CC[C@@H](N(C)C)C3)cc2)cc1. The summed E-state index contributed by atoms with van der Waals surface area (Å²) in [5, 5.41) is 12.7. The first-order valence-electron chi connectivity index (χ1n) is 12.0. The first-order chi connectivity index (χ1) is 16.3. The van der Waals surface area contributed by atoms with Crippen molar-refractivity contribution in [3.05, 3.63) is 100 Å². The summed E-state index contributed by atoms with van der Waals surface area (Å²) in [6.07, 6.45) is 1.67. The molecule has 0 bridgehead atoms. The highest BCUT2D eigenvalue weighted by Gasteiger charge is 2.32. The van der Waals surface area contributed by atoms with Crippen LogP contribution >= 0.6 is 11.6 Å². The van der Waals surface area contributed by atoms with Crippen LogP contribution in [0.1, 0.15) is 28.7 Å². The predicted octanol–water partition coefficient (Wildman–Crippen LogP) is 5.14. The Kier molecular flexibility index (Phi) is 7.95. The maximum absolute atomic E-state index is 12.0. The fraction of sp³-hybridized carbons (Fsp3) is 0.379. The van der Waals surface area contributed by atoms with E-state index in [1.54, 1.807) is 0 Å². The average molecular weight is 479 g/mol. The van der Waals surface area contributed by atoms with E-state index in [0.29, 0.717) is 24.1 Å². The second-order valence-corrected chi connectivity index (χ2v) is 10.0. The minimum atomic E-state index is -1.16. The molecule has 0 aliphatic carbocycles. The zero-order chi connectivity index (χ0) is 24.1. The first kappa shape index (κ1) is 24.7. The van der Waals surface area contributed by atoms with Gasteiger partial charge >= 0.3 is 0 Å². The number of ether oxygens (including phenoxy) is 1. The Morgan fingerprint density at radius 3 is 2.18 bits per heavy atom. The highest BCUT2D eigenvalue weighted by molar-refractivity contribution is 6.30. The van der Waals surface area contributed by atoms with Gasteiger partial charge in [0.2, 0.25) is 0 Å². The summed E-state index contributed by atoms with van der Waals surface area (Å²) in [6, 6.07) is 24.3. The molecule has 3 aromatic carbocycles. The van der Waals surface area contributed by atoms with Crippen LogP contribution in [-0.4, -0.2) is 61.3 Å². The van der Waals surface area contributed by atoms with Gasteiger partial charge in [0, 0.05) is 30.6 Å². The van der Waals surface area contributed by atoms with Crippen LogP contribution in [0.3, 0.4) is 0 Å².